The number of rotatable bonds is 3. The van der Waals surface area contributed by atoms with E-state index in [9.17, 15) is 0 Å². The van der Waals surface area contributed by atoms with Crippen LogP contribution in [0.15, 0.2) is 54.6 Å². The van der Waals surface area contributed by atoms with Gasteiger partial charge in [-0.1, -0.05) is 61.4 Å². The minimum atomic E-state index is 0.136. The van der Waals surface area contributed by atoms with Crippen molar-refractivity contribution in [2.75, 3.05) is 0 Å². The molecule has 110 valence electrons. The monoisotopic (exact) mass is 281 g/mol. The van der Waals surface area contributed by atoms with Gasteiger partial charge in [-0.2, -0.15) is 0 Å². The van der Waals surface area contributed by atoms with E-state index in [0.717, 1.165) is 24.2 Å². The Kier molecular flexibility index (Phi) is 4.56. The fourth-order valence-electron chi connectivity index (χ4n) is 3.04. The molecule has 0 radical (unpaired) electrons. The number of para-hydroxylation sites is 1. The van der Waals surface area contributed by atoms with Crippen LogP contribution in [0.1, 0.15) is 32.1 Å². The van der Waals surface area contributed by atoms with Crippen LogP contribution in [0.25, 0.3) is 11.1 Å². The van der Waals surface area contributed by atoms with E-state index in [-0.39, 0.29) is 12.1 Å². The lowest BCUT2D eigenvalue weighted by atomic mass is 10.0. The zero-order valence-corrected chi connectivity index (χ0v) is 12.4. The van der Waals surface area contributed by atoms with Gasteiger partial charge < -0.3 is 10.5 Å². The second-order valence-electron chi connectivity index (χ2n) is 5.82. The quantitative estimate of drug-likeness (QED) is 0.847. The third-order valence-corrected chi connectivity index (χ3v) is 4.25. The highest BCUT2D eigenvalue weighted by atomic mass is 16.5. The molecule has 2 atom stereocenters. The van der Waals surface area contributed by atoms with Crippen molar-refractivity contribution < 1.29 is 4.74 Å². The predicted octanol–water partition coefficient (Wildman–Crippen LogP) is 4.39. The van der Waals surface area contributed by atoms with Crippen LogP contribution in [0.3, 0.4) is 0 Å². The maximum Gasteiger partial charge on any atom is 0.127 e. The minimum absolute atomic E-state index is 0.136. The summed E-state index contributed by atoms with van der Waals surface area (Å²) in [5.41, 5.74) is 8.63. The third kappa shape index (κ3) is 3.45. The van der Waals surface area contributed by atoms with Crippen molar-refractivity contribution in [2.45, 2.75) is 44.2 Å². The van der Waals surface area contributed by atoms with Crippen molar-refractivity contribution in [2.24, 2.45) is 5.73 Å². The molecule has 2 nitrogen and oxygen atoms in total. The maximum atomic E-state index is 6.31. The first-order valence-electron chi connectivity index (χ1n) is 7.91. The van der Waals surface area contributed by atoms with Crippen LogP contribution in [0.4, 0.5) is 0 Å². The first-order chi connectivity index (χ1) is 10.3. The topological polar surface area (TPSA) is 35.2 Å². The average molecular weight is 281 g/mol. The standard InChI is InChI=1S/C19H23NO/c20-17-12-5-2-6-14-19(17)21-18-13-8-7-11-16(18)15-9-3-1-4-10-15/h1,3-4,7-11,13,17,19H,2,5-6,12,14,20H2. The highest BCUT2D eigenvalue weighted by Gasteiger charge is 2.22. The van der Waals surface area contributed by atoms with Crippen molar-refractivity contribution >= 4 is 0 Å². The summed E-state index contributed by atoms with van der Waals surface area (Å²) < 4.78 is 6.31. The molecule has 0 aliphatic heterocycles. The summed E-state index contributed by atoms with van der Waals surface area (Å²) in [6.45, 7) is 0. The van der Waals surface area contributed by atoms with Crippen molar-refractivity contribution in [1.82, 2.24) is 0 Å². The van der Waals surface area contributed by atoms with Gasteiger partial charge in [0.25, 0.3) is 0 Å². The molecule has 2 aromatic rings. The molecule has 0 heterocycles. The second kappa shape index (κ2) is 6.77. The molecule has 1 aliphatic carbocycles. The molecule has 21 heavy (non-hydrogen) atoms. The first-order valence-corrected chi connectivity index (χ1v) is 7.91. The molecule has 3 rings (SSSR count). The van der Waals surface area contributed by atoms with E-state index in [1.165, 1.54) is 24.8 Å². The average Bonchev–Trinajstić information content (AvgIpc) is 2.74. The van der Waals surface area contributed by atoms with Crippen LogP contribution >= 0.6 is 0 Å². The van der Waals surface area contributed by atoms with Gasteiger partial charge in [0.05, 0.1) is 0 Å². The van der Waals surface area contributed by atoms with Crippen molar-refractivity contribution in [1.29, 1.82) is 0 Å². The number of benzene rings is 2. The van der Waals surface area contributed by atoms with Crippen LogP contribution in [0.2, 0.25) is 0 Å². The van der Waals surface area contributed by atoms with Gasteiger partial charge in [-0.25, -0.2) is 0 Å². The van der Waals surface area contributed by atoms with Gasteiger partial charge in [0, 0.05) is 11.6 Å². The number of nitrogens with two attached hydrogens (primary N) is 1. The summed E-state index contributed by atoms with van der Waals surface area (Å²) in [6, 6.07) is 18.8. The van der Waals surface area contributed by atoms with Gasteiger partial charge in [0.15, 0.2) is 0 Å². The number of hydrogen-bond acceptors (Lipinski definition) is 2. The summed E-state index contributed by atoms with van der Waals surface area (Å²) in [7, 11) is 0. The molecule has 0 bridgehead atoms. The van der Waals surface area contributed by atoms with Gasteiger partial charge in [-0.15, -0.1) is 0 Å². The summed E-state index contributed by atoms with van der Waals surface area (Å²) in [5, 5.41) is 0. The molecule has 1 saturated carbocycles. The molecule has 0 amide bonds. The third-order valence-electron chi connectivity index (χ3n) is 4.25. The summed E-state index contributed by atoms with van der Waals surface area (Å²) in [6.07, 6.45) is 5.97. The first kappa shape index (κ1) is 14.2. The Labute approximate surface area is 126 Å². The molecule has 2 unspecified atom stereocenters. The van der Waals surface area contributed by atoms with Crippen LogP contribution in [-0.2, 0) is 0 Å². The molecule has 2 aromatic carbocycles. The number of ether oxygens (including phenoxy) is 1. The molecule has 2 heteroatoms. The molecule has 1 aliphatic rings. The molecular formula is C19H23NO. The summed E-state index contributed by atoms with van der Waals surface area (Å²) >= 11 is 0. The Morgan fingerprint density at radius 2 is 1.52 bits per heavy atom. The summed E-state index contributed by atoms with van der Waals surface area (Å²) in [4.78, 5) is 0. The van der Waals surface area contributed by atoms with E-state index in [2.05, 4.69) is 42.5 Å². The zero-order chi connectivity index (χ0) is 14.5. The fraction of sp³-hybridized carbons (Fsp3) is 0.368. The lowest BCUT2D eigenvalue weighted by Crippen LogP contribution is -2.37. The Morgan fingerprint density at radius 1 is 0.810 bits per heavy atom. The lowest BCUT2D eigenvalue weighted by molar-refractivity contribution is 0.163. The van der Waals surface area contributed by atoms with Gasteiger partial charge in [-0.05, 0) is 30.9 Å². The van der Waals surface area contributed by atoms with E-state index in [0.29, 0.717) is 0 Å². The summed E-state index contributed by atoms with van der Waals surface area (Å²) in [5.74, 6) is 0.950. The van der Waals surface area contributed by atoms with Crippen LogP contribution < -0.4 is 10.5 Å². The van der Waals surface area contributed by atoms with Crippen molar-refractivity contribution in [3.8, 4) is 16.9 Å². The Bertz CT molecular complexity index is 567. The molecule has 0 saturated heterocycles. The molecular weight excluding hydrogens is 258 g/mol. The largest absolute Gasteiger partial charge is 0.488 e. The van der Waals surface area contributed by atoms with Crippen LogP contribution in [0, 0.1) is 0 Å². The van der Waals surface area contributed by atoms with Gasteiger partial charge in [0.1, 0.15) is 11.9 Å². The van der Waals surface area contributed by atoms with Gasteiger partial charge >= 0.3 is 0 Å². The lowest BCUT2D eigenvalue weighted by Gasteiger charge is -2.24. The molecule has 0 spiro atoms. The zero-order valence-electron chi connectivity index (χ0n) is 12.4. The van der Waals surface area contributed by atoms with Crippen molar-refractivity contribution in [3.05, 3.63) is 54.6 Å². The maximum absolute atomic E-state index is 6.31. The highest BCUT2D eigenvalue weighted by Crippen LogP contribution is 2.32. The predicted molar refractivity (Wildman–Crippen MR) is 87.4 cm³/mol. The van der Waals surface area contributed by atoms with E-state index in [4.69, 9.17) is 10.5 Å². The molecule has 1 fully saturated rings. The molecule has 0 aromatic heterocycles. The normalized spacial score (nSPS) is 22.5. The minimum Gasteiger partial charge on any atom is -0.488 e. The Hall–Kier alpha value is -1.80. The second-order valence-corrected chi connectivity index (χ2v) is 5.82. The molecule has 2 N–H and O–H groups in total. The van der Waals surface area contributed by atoms with Crippen molar-refractivity contribution in [3.63, 3.8) is 0 Å². The van der Waals surface area contributed by atoms with Crippen LogP contribution in [-0.4, -0.2) is 12.1 Å². The Balaban J connectivity index is 1.85. The van der Waals surface area contributed by atoms with E-state index in [1.807, 2.05) is 12.1 Å². The smallest absolute Gasteiger partial charge is 0.127 e. The van der Waals surface area contributed by atoms with E-state index in [1.54, 1.807) is 0 Å². The van der Waals surface area contributed by atoms with E-state index < -0.39 is 0 Å². The van der Waals surface area contributed by atoms with E-state index >= 15 is 0 Å². The fourth-order valence-corrected chi connectivity index (χ4v) is 3.04. The highest BCUT2D eigenvalue weighted by molar-refractivity contribution is 5.70. The number of hydrogen-bond donors (Lipinski definition) is 1. The Morgan fingerprint density at radius 3 is 2.38 bits per heavy atom. The van der Waals surface area contributed by atoms with Gasteiger partial charge in [0.2, 0.25) is 0 Å². The van der Waals surface area contributed by atoms with Crippen LogP contribution in [0.5, 0.6) is 5.75 Å². The SMILES string of the molecule is NC1CCCCCC1Oc1ccccc1-c1ccccc1. The van der Waals surface area contributed by atoms with Gasteiger partial charge in [-0.3, -0.25) is 0 Å².